The maximum atomic E-state index is 12.2. The molecule has 1 amide bonds. The SMILES string of the molecule is CC(CC(F)(F)F)NC(=O)C1CCCC(CCN)C1. The summed E-state index contributed by atoms with van der Waals surface area (Å²) in [7, 11) is 0. The van der Waals surface area contributed by atoms with Gasteiger partial charge in [-0.1, -0.05) is 12.8 Å². The highest BCUT2D eigenvalue weighted by Gasteiger charge is 2.32. The normalized spacial score (nSPS) is 25.9. The molecule has 3 N–H and O–H groups in total. The van der Waals surface area contributed by atoms with Crippen molar-refractivity contribution >= 4 is 5.91 Å². The van der Waals surface area contributed by atoms with Gasteiger partial charge in [0.2, 0.25) is 5.91 Å². The Bertz CT molecular complexity index is 292. The number of carbonyl (C=O) groups is 1. The number of halogens is 3. The topological polar surface area (TPSA) is 55.1 Å². The summed E-state index contributed by atoms with van der Waals surface area (Å²) in [6.45, 7) is 2.00. The van der Waals surface area contributed by atoms with E-state index in [1.807, 2.05) is 0 Å². The van der Waals surface area contributed by atoms with Gasteiger partial charge in [-0.05, 0) is 38.6 Å². The van der Waals surface area contributed by atoms with Crippen molar-refractivity contribution in [2.45, 2.75) is 57.7 Å². The highest BCUT2D eigenvalue weighted by atomic mass is 19.4. The quantitative estimate of drug-likeness (QED) is 0.813. The van der Waals surface area contributed by atoms with Crippen molar-refractivity contribution in [3.63, 3.8) is 0 Å². The molecule has 0 aromatic rings. The van der Waals surface area contributed by atoms with Gasteiger partial charge < -0.3 is 11.1 Å². The summed E-state index contributed by atoms with van der Waals surface area (Å²) >= 11 is 0. The number of hydrogen-bond acceptors (Lipinski definition) is 2. The maximum Gasteiger partial charge on any atom is 0.391 e. The minimum Gasteiger partial charge on any atom is -0.353 e. The summed E-state index contributed by atoms with van der Waals surface area (Å²) in [5, 5.41) is 2.48. The number of nitrogens with two attached hydrogens (primary N) is 1. The molecule has 0 aliphatic heterocycles. The van der Waals surface area contributed by atoms with Crippen LogP contribution in [0.2, 0.25) is 0 Å². The Labute approximate surface area is 112 Å². The lowest BCUT2D eigenvalue weighted by Gasteiger charge is -2.29. The Kier molecular flexibility index (Phi) is 6.10. The maximum absolute atomic E-state index is 12.2. The third-order valence-corrected chi connectivity index (χ3v) is 3.65. The lowest BCUT2D eigenvalue weighted by atomic mass is 9.79. The van der Waals surface area contributed by atoms with Crippen LogP contribution in [0.3, 0.4) is 0 Å². The number of hydrogen-bond donors (Lipinski definition) is 2. The van der Waals surface area contributed by atoms with Crippen molar-refractivity contribution in [1.29, 1.82) is 0 Å². The minimum absolute atomic E-state index is 0.152. The average molecular weight is 280 g/mol. The highest BCUT2D eigenvalue weighted by Crippen LogP contribution is 2.31. The van der Waals surface area contributed by atoms with Crippen LogP contribution >= 0.6 is 0 Å². The monoisotopic (exact) mass is 280 g/mol. The zero-order valence-corrected chi connectivity index (χ0v) is 11.3. The number of carbonyl (C=O) groups excluding carboxylic acids is 1. The molecule has 3 unspecified atom stereocenters. The molecule has 1 aliphatic rings. The molecule has 0 aromatic carbocycles. The Balaban J connectivity index is 2.40. The van der Waals surface area contributed by atoms with Gasteiger partial charge in [0.15, 0.2) is 0 Å². The van der Waals surface area contributed by atoms with Crippen LogP contribution in [0.5, 0.6) is 0 Å². The van der Waals surface area contributed by atoms with Gasteiger partial charge in [-0.3, -0.25) is 4.79 Å². The van der Waals surface area contributed by atoms with Gasteiger partial charge in [0.25, 0.3) is 0 Å². The lowest BCUT2D eigenvalue weighted by molar-refractivity contribution is -0.142. The molecule has 1 aliphatic carbocycles. The van der Waals surface area contributed by atoms with E-state index in [4.69, 9.17) is 5.73 Å². The first-order valence-electron chi connectivity index (χ1n) is 6.89. The van der Waals surface area contributed by atoms with Crippen molar-refractivity contribution in [2.24, 2.45) is 17.6 Å². The van der Waals surface area contributed by atoms with Crippen molar-refractivity contribution in [3.05, 3.63) is 0 Å². The summed E-state index contributed by atoms with van der Waals surface area (Å²) in [4.78, 5) is 11.9. The van der Waals surface area contributed by atoms with Gasteiger partial charge in [0.1, 0.15) is 0 Å². The largest absolute Gasteiger partial charge is 0.391 e. The smallest absolute Gasteiger partial charge is 0.353 e. The summed E-state index contributed by atoms with van der Waals surface area (Å²) in [5.41, 5.74) is 5.51. The van der Waals surface area contributed by atoms with Gasteiger partial charge >= 0.3 is 6.18 Å². The molecule has 0 bridgehead atoms. The zero-order chi connectivity index (χ0) is 14.5. The molecule has 112 valence electrons. The molecule has 1 rings (SSSR count). The van der Waals surface area contributed by atoms with Gasteiger partial charge in [0.05, 0.1) is 6.42 Å². The first-order chi connectivity index (χ1) is 8.81. The molecule has 19 heavy (non-hydrogen) atoms. The third kappa shape index (κ3) is 6.27. The van der Waals surface area contributed by atoms with Gasteiger partial charge in [-0.2, -0.15) is 13.2 Å². The second-order valence-electron chi connectivity index (χ2n) is 5.54. The van der Waals surface area contributed by atoms with E-state index in [9.17, 15) is 18.0 Å². The van der Waals surface area contributed by atoms with Gasteiger partial charge in [-0.25, -0.2) is 0 Å². The number of amides is 1. The molecule has 3 nitrogen and oxygen atoms in total. The minimum atomic E-state index is -4.23. The van der Waals surface area contributed by atoms with Gasteiger partial charge in [-0.15, -0.1) is 0 Å². The van der Waals surface area contributed by atoms with E-state index >= 15 is 0 Å². The van der Waals surface area contributed by atoms with E-state index in [-0.39, 0.29) is 11.8 Å². The first kappa shape index (κ1) is 16.3. The Morgan fingerprint density at radius 1 is 1.42 bits per heavy atom. The van der Waals surface area contributed by atoms with Crippen LogP contribution < -0.4 is 11.1 Å². The van der Waals surface area contributed by atoms with Crippen LogP contribution in [-0.2, 0) is 4.79 Å². The predicted octanol–water partition coefficient (Wildman–Crippen LogP) is 2.60. The van der Waals surface area contributed by atoms with Crippen LogP contribution in [0.15, 0.2) is 0 Å². The zero-order valence-electron chi connectivity index (χ0n) is 11.3. The van der Waals surface area contributed by atoms with Crippen LogP contribution in [0.4, 0.5) is 13.2 Å². The van der Waals surface area contributed by atoms with Crippen molar-refractivity contribution in [3.8, 4) is 0 Å². The molecule has 0 saturated heterocycles. The van der Waals surface area contributed by atoms with E-state index < -0.39 is 18.6 Å². The Morgan fingerprint density at radius 2 is 2.11 bits per heavy atom. The fourth-order valence-corrected chi connectivity index (χ4v) is 2.79. The molecule has 0 heterocycles. The molecule has 0 spiro atoms. The molecular weight excluding hydrogens is 257 g/mol. The second kappa shape index (κ2) is 7.12. The number of nitrogens with one attached hydrogen (secondary N) is 1. The molecular formula is C13H23F3N2O. The Hall–Kier alpha value is -0.780. The van der Waals surface area contributed by atoms with Crippen molar-refractivity contribution in [2.75, 3.05) is 6.54 Å². The summed E-state index contributed by atoms with van der Waals surface area (Å²) in [6, 6.07) is -0.859. The highest BCUT2D eigenvalue weighted by molar-refractivity contribution is 5.79. The summed E-state index contributed by atoms with van der Waals surface area (Å²) in [5.74, 6) is 0.0480. The third-order valence-electron chi connectivity index (χ3n) is 3.65. The van der Waals surface area contributed by atoms with Crippen LogP contribution in [0.1, 0.15) is 45.4 Å². The van der Waals surface area contributed by atoms with Gasteiger partial charge in [0, 0.05) is 12.0 Å². The van der Waals surface area contributed by atoms with E-state index in [0.29, 0.717) is 12.5 Å². The average Bonchev–Trinajstić information content (AvgIpc) is 2.27. The lowest BCUT2D eigenvalue weighted by Crippen LogP contribution is -2.41. The Morgan fingerprint density at radius 3 is 2.68 bits per heavy atom. The molecule has 0 aromatic heterocycles. The molecule has 1 saturated carbocycles. The van der Waals surface area contributed by atoms with E-state index in [0.717, 1.165) is 32.1 Å². The predicted molar refractivity (Wildman–Crippen MR) is 67.4 cm³/mol. The fourth-order valence-electron chi connectivity index (χ4n) is 2.79. The summed E-state index contributed by atoms with van der Waals surface area (Å²) < 4.78 is 36.6. The first-order valence-corrected chi connectivity index (χ1v) is 6.89. The number of alkyl halides is 3. The fraction of sp³-hybridized carbons (Fsp3) is 0.923. The van der Waals surface area contributed by atoms with E-state index in [2.05, 4.69) is 5.32 Å². The summed E-state index contributed by atoms with van der Waals surface area (Å²) in [6.07, 6.45) is -0.774. The van der Waals surface area contributed by atoms with Crippen LogP contribution in [0.25, 0.3) is 0 Å². The molecule has 1 fully saturated rings. The van der Waals surface area contributed by atoms with Crippen LogP contribution in [-0.4, -0.2) is 24.7 Å². The second-order valence-corrected chi connectivity index (χ2v) is 5.54. The van der Waals surface area contributed by atoms with Crippen LogP contribution in [0, 0.1) is 11.8 Å². The standard InChI is InChI=1S/C13H23F3N2O/c1-9(8-13(14,15)16)18-12(19)11-4-2-3-10(7-11)5-6-17/h9-11H,2-8,17H2,1H3,(H,18,19). The molecule has 6 heteroatoms. The van der Waals surface area contributed by atoms with Crippen molar-refractivity contribution < 1.29 is 18.0 Å². The van der Waals surface area contributed by atoms with E-state index in [1.54, 1.807) is 0 Å². The number of rotatable bonds is 5. The van der Waals surface area contributed by atoms with Crippen molar-refractivity contribution in [1.82, 2.24) is 5.32 Å². The molecule has 3 atom stereocenters. The molecule has 0 radical (unpaired) electrons. The van der Waals surface area contributed by atoms with E-state index in [1.165, 1.54) is 6.92 Å².